The van der Waals surface area contributed by atoms with Gasteiger partial charge >= 0.3 is 0 Å². The predicted molar refractivity (Wildman–Crippen MR) is 68.1 cm³/mol. The fraction of sp³-hybridized carbons (Fsp3) is 1.00. The zero-order chi connectivity index (χ0) is 11.3. The molecular weight excluding hydrogens is 182 g/mol. The standard InChI is InChI=1S/C14H29N/c1-12(15-4)11-14(2,3)13-9-7-5-6-8-10-13/h12-13,15H,5-11H2,1-4H3. The van der Waals surface area contributed by atoms with Crippen molar-refractivity contribution in [1.82, 2.24) is 5.32 Å². The summed E-state index contributed by atoms with van der Waals surface area (Å²) in [4.78, 5) is 0. The monoisotopic (exact) mass is 211 g/mol. The van der Waals surface area contributed by atoms with Crippen molar-refractivity contribution in [3.63, 3.8) is 0 Å². The number of nitrogens with one attached hydrogen (secondary N) is 1. The second kappa shape index (κ2) is 5.89. The van der Waals surface area contributed by atoms with Gasteiger partial charge in [0.25, 0.3) is 0 Å². The average Bonchev–Trinajstić information content (AvgIpc) is 2.45. The molecule has 0 amide bonds. The third-order valence-electron chi connectivity index (χ3n) is 4.29. The molecular formula is C14H29N. The summed E-state index contributed by atoms with van der Waals surface area (Å²) >= 11 is 0. The van der Waals surface area contributed by atoms with Crippen molar-refractivity contribution in [1.29, 1.82) is 0 Å². The van der Waals surface area contributed by atoms with E-state index in [1.807, 2.05) is 0 Å². The Morgan fingerprint density at radius 1 is 1.13 bits per heavy atom. The Bertz CT molecular complexity index is 166. The van der Waals surface area contributed by atoms with Crippen LogP contribution in [-0.4, -0.2) is 13.1 Å². The van der Waals surface area contributed by atoms with Gasteiger partial charge in [-0.25, -0.2) is 0 Å². The van der Waals surface area contributed by atoms with Gasteiger partial charge in [-0.3, -0.25) is 0 Å². The fourth-order valence-electron chi connectivity index (χ4n) is 3.12. The first-order chi connectivity index (χ1) is 7.06. The Morgan fingerprint density at radius 3 is 2.13 bits per heavy atom. The average molecular weight is 211 g/mol. The van der Waals surface area contributed by atoms with Crippen LogP contribution in [0.2, 0.25) is 0 Å². The lowest BCUT2D eigenvalue weighted by Crippen LogP contribution is -2.33. The lowest BCUT2D eigenvalue weighted by molar-refractivity contribution is 0.158. The summed E-state index contributed by atoms with van der Waals surface area (Å²) < 4.78 is 0. The van der Waals surface area contributed by atoms with Gasteiger partial charge in [-0.2, -0.15) is 0 Å². The molecule has 90 valence electrons. The third kappa shape index (κ3) is 4.14. The van der Waals surface area contributed by atoms with Crippen LogP contribution in [0.15, 0.2) is 0 Å². The van der Waals surface area contributed by atoms with Gasteiger partial charge in [-0.15, -0.1) is 0 Å². The summed E-state index contributed by atoms with van der Waals surface area (Å²) in [5.74, 6) is 0.954. The molecule has 0 aromatic rings. The molecule has 0 aliphatic heterocycles. The SMILES string of the molecule is CNC(C)CC(C)(C)C1CCCCCC1. The van der Waals surface area contributed by atoms with E-state index in [0.29, 0.717) is 11.5 Å². The molecule has 0 spiro atoms. The van der Waals surface area contributed by atoms with Gasteiger partial charge in [0.15, 0.2) is 0 Å². The van der Waals surface area contributed by atoms with E-state index in [1.165, 1.54) is 44.9 Å². The molecule has 0 aromatic heterocycles. The van der Waals surface area contributed by atoms with Crippen LogP contribution in [0.3, 0.4) is 0 Å². The van der Waals surface area contributed by atoms with Gasteiger partial charge in [0.05, 0.1) is 0 Å². The van der Waals surface area contributed by atoms with Gasteiger partial charge in [0.2, 0.25) is 0 Å². The largest absolute Gasteiger partial charge is 0.317 e. The van der Waals surface area contributed by atoms with E-state index >= 15 is 0 Å². The normalized spacial score (nSPS) is 22.4. The zero-order valence-corrected chi connectivity index (χ0v) is 11.1. The third-order valence-corrected chi connectivity index (χ3v) is 4.29. The molecule has 1 atom stereocenters. The molecule has 0 saturated heterocycles. The fourth-order valence-corrected chi connectivity index (χ4v) is 3.12. The molecule has 0 bridgehead atoms. The first-order valence-corrected chi connectivity index (χ1v) is 6.73. The van der Waals surface area contributed by atoms with Crippen molar-refractivity contribution in [3.8, 4) is 0 Å². The van der Waals surface area contributed by atoms with Gasteiger partial charge < -0.3 is 5.32 Å². The maximum Gasteiger partial charge on any atom is 0.00409 e. The van der Waals surface area contributed by atoms with Crippen LogP contribution in [0.5, 0.6) is 0 Å². The van der Waals surface area contributed by atoms with Crippen LogP contribution in [0.25, 0.3) is 0 Å². The van der Waals surface area contributed by atoms with E-state index in [4.69, 9.17) is 0 Å². The van der Waals surface area contributed by atoms with Crippen molar-refractivity contribution >= 4 is 0 Å². The van der Waals surface area contributed by atoms with E-state index in [0.717, 1.165) is 5.92 Å². The Kier molecular flexibility index (Phi) is 5.11. The maximum atomic E-state index is 3.38. The molecule has 1 saturated carbocycles. The van der Waals surface area contributed by atoms with Crippen molar-refractivity contribution in [2.24, 2.45) is 11.3 Å². The molecule has 1 rings (SSSR count). The molecule has 15 heavy (non-hydrogen) atoms. The van der Waals surface area contributed by atoms with Gasteiger partial charge in [-0.1, -0.05) is 39.5 Å². The summed E-state index contributed by atoms with van der Waals surface area (Å²) in [5, 5.41) is 3.38. The van der Waals surface area contributed by atoms with Crippen molar-refractivity contribution in [2.75, 3.05) is 7.05 Å². The first-order valence-electron chi connectivity index (χ1n) is 6.73. The van der Waals surface area contributed by atoms with Crippen LogP contribution in [-0.2, 0) is 0 Å². The Labute approximate surface area is 96.0 Å². The molecule has 1 fully saturated rings. The Hall–Kier alpha value is -0.0400. The first kappa shape index (κ1) is 13.0. The highest BCUT2D eigenvalue weighted by Crippen LogP contribution is 2.40. The topological polar surface area (TPSA) is 12.0 Å². The van der Waals surface area contributed by atoms with E-state index in [1.54, 1.807) is 0 Å². The van der Waals surface area contributed by atoms with E-state index in [9.17, 15) is 0 Å². The van der Waals surface area contributed by atoms with Crippen LogP contribution in [0, 0.1) is 11.3 Å². The molecule has 0 aromatic carbocycles. The Morgan fingerprint density at radius 2 is 1.67 bits per heavy atom. The molecule has 1 aliphatic carbocycles. The van der Waals surface area contributed by atoms with Crippen molar-refractivity contribution in [2.45, 2.75) is 71.8 Å². The number of hydrogen-bond donors (Lipinski definition) is 1. The van der Waals surface area contributed by atoms with E-state index in [-0.39, 0.29) is 0 Å². The summed E-state index contributed by atoms with van der Waals surface area (Å²) in [6, 6.07) is 0.656. The van der Waals surface area contributed by atoms with Gasteiger partial charge in [-0.05, 0) is 44.6 Å². The van der Waals surface area contributed by atoms with Crippen molar-refractivity contribution in [3.05, 3.63) is 0 Å². The highest BCUT2D eigenvalue weighted by atomic mass is 14.9. The van der Waals surface area contributed by atoms with Gasteiger partial charge in [0, 0.05) is 6.04 Å². The highest BCUT2D eigenvalue weighted by molar-refractivity contribution is 4.83. The summed E-state index contributed by atoms with van der Waals surface area (Å²) in [6.45, 7) is 7.24. The minimum atomic E-state index is 0.521. The van der Waals surface area contributed by atoms with Crippen LogP contribution in [0.4, 0.5) is 0 Å². The Balaban J connectivity index is 2.49. The summed E-state index contributed by atoms with van der Waals surface area (Å²) in [7, 11) is 2.08. The minimum Gasteiger partial charge on any atom is -0.317 e. The maximum absolute atomic E-state index is 3.38. The van der Waals surface area contributed by atoms with Crippen LogP contribution in [0.1, 0.15) is 65.7 Å². The second-order valence-electron chi connectivity index (χ2n) is 6.07. The second-order valence-corrected chi connectivity index (χ2v) is 6.07. The number of rotatable bonds is 4. The number of hydrogen-bond acceptors (Lipinski definition) is 1. The minimum absolute atomic E-state index is 0.521. The van der Waals surface area contributed by atoms with Crippen molar-refractivity contribution < 1.29 is 0 Å². The van der Waals surface area contributed by atoms with Crippen LogP contribution < -0.4 is 5.32 Å². The molecule has 1 nitrogen and oxygen atoms in total. The van der Waals surface area contributed by atoms with E-state index in [2.05, 4.69) is 33.1 Å². The van der Waals surface area contributed by atoms with Gasteiger partial charge in [0.1, 0.15) is 0 Å². The molecule has 0 heterocycles. The van der Waals surface area contributed by atoms with E-state index < -0.39 is 0 Å². The highest BCUT2D eigenvalue weighted by Gasteiger charge is 2.30. The molecule has 1 aliphatic rings. The lowest BCUT2D eigenvalue weighted by Gasteiger charge is -2.36. The smallest absolute Gasteiger partial charge is 0.00409 e. The molecule has 1 unspecified atom stereocenters. The molecule has 1 heteroatoms. The summed E-state index contributed by atoms with van der Waals surface area (Å²) in [5.41, 5.74) is 0.521. The quantitative estimate of drug-likeness (QED) is 0.694. The molecule has 1 N–H and O–H groups in total. The summed E-state index contributed by atoms with van der Waals surface area (Å²) in [6.07, 6.45) is 10.1. The zero-order valence-electron chi connectivity index (χ0n) is 11.1. The van der Waals surface area contributed by atoms with Crippen LogP contribution >= 0.6 is 0 Å². The predicted octanol–water partition coefficient (Wildman–Crippen LogP) is 3.98. The lowest BCUT2D eigenvalue weighted by atomic mass is 9.71. The molecule has 0 radical (unpaired) electrons.